The molecule has 3 N–H and O–H groups in total. The second kappa shape index (κ2) is 7.27. The summed E-state index contributed by atoms with van der Waals surface area (Å²) in [6.07, 6.45) is 0.683. The number of aryl methyl sites for hydroxylation is 1. The molecule has 0 bridgehead atoms. The van der Waals surface area contributed by atoms with Crippen LogP contribution in [0.25, 0.3) is 0 Å². The highest BCUT2D eigenvalue weighted by Crippen LogP contribution is 2.31. The van der Waals surface area contributed by atoms with Crippen LogP contribution in [-0.2, 0) is 6.42 Å². The smallest absolute Gasteiger partial charge is 0.122 e. The summed E-state index contributed by atoms with van der Waals surface area (Å²) in [7, 11) is 1.66. The van der Waals surface area contributed by atoms with Gasteiger partial charge in [0.15, 0.2) is 0 Å². The van der Waals surface area contributed by atoms with E-state index >= 15 is 0 Å². The monoisotopic (exact) mass is 368 g/mol. The molecule has 0 heterocycles. The number of methoxy groups -OCH3 is 1. The molecule has 21 heavy (non-hydrogen) atoms. The molecule has 2 rings (SSSR count). The van der Waals surface area contributed by atoms with Gasteiger partial charge in [0.1, 0.15) is 5.75 Å². The lowest BCUT2D eigenvalue weighted by Gasteiger charge is -2.20. The van der Waals surface area contributed by atoms with Gasteiger partial charge in [-0.2, -0.15) is 0 Å². The fourth-order valence-electron chi connectivity index (χ4n) is 2.32. The summed E-state index contributed by atoms with van der Waals surface area (Å²) in [6, 6.07) is 11.8. The topological polar surface area (TPSA) is 47.3 Å². The van der Waals surface area contributed by atoms with Crippen molar-refractivity contribution in [2.75, 3.05) is 7.11 Å². The van der Waals surface area contributed by atoms with E-state index in [1.54, 1.807) is 7.11 Å². The lowest BCUT2D eigenvalue weighted by atomic mass is 9.97. The van der Waals surface area contributed by atoms with Crippen LogP contribution in [0.1, 0.15) is 22.7 Å². The summed E-state index contributed by atoms with van der Waals surface area (Å²) >= 11 is 9.89. The van der Waals surface area contributed by atoms with Crippen LogP contribution in [0, 0.1) is 6.92 Å². The first-order valence-corrected chi connectivity index (χ1v) is 7.77. The third-order valence-electron chi connectivity index (χ3n) is 3.46. The van der Waals surface area contributed by atoms with E-state index in [4.69, 9.17) is 22.2 Å². The number of nitrogens with two attached hydrogens (primary N) is 1. The molecule has 0 aliphatic heterocycles. The molecule has 0 saturated heterocycles. The first-order valence-electron chi connectivity index (χ1n) is 6.60. The average molecular weight is 370 g/mol. The predicted molar refractivity (Wildman–Crippen MR) is 90.7 cm³/mol. The molecule has 1 atom stereocenters. The zero-order chi connectivity index (χ0) is 15.4. The molecule has 0 aromatic heterocycles. The van der Waals surface area contributed by atoms with Gasteiger partial charge in [-0.1, -0.05) is 45.7 Å². The first kappa shape index (κ1) is 16.3. The van der Waals surface area contributed by atoms with Crippen molar-refractivity contribution in [3.63, 3.8) is 0 Å². The molecule has 0 radical (unpaired) electrons. The molecule has 2 aromatic rings. The van der Waals surface area contributed by atoms with Crippen molar-refractivity contribution in [1.29, 1.82) is 0 Å². The van der Waals surface area contributed by atoms with Crippen molar-refractivity contribution < 1.29 is 4.74 Å². The normalized spacial score (nSPS) is 12.2. The molecule has 0 spiro atoms. The highest BCUT2D eigenvalue weighted by Gasteiger charge is 2.17. The van der Waals surface area contributed by atoms with E-state index in [1.165, 1.54) is 0 Å². The molecular weight excluding hydrogens is 352 g/mol. The van der Waals surface area contributed by atoms with Crippen LogP contribution in [0.4, 0.5) is 0 Å². The molecule has 0 fully saturated rings. The third kappa shape index (κ3) is 3.77. The van der Waals surface area contributed by atoms with Crippen molar-refractivity contribution >= 4 is 27.5 Å². The van der Waals surface area contributed by atoms with Crippen LogP contribution < -0.4 is 16.0 Å². The maximum absolute atomic E-state index is 6.40. The Morgan fingerprint density at radius 3 is 2.76 bits per heavy atom. The van der Waals surface area contributed by atoms with Gasteiger partial charge in [0.2, 0.25) is 0 Å². The Labute approximate surface area is 138 Å². The third-order valence-corrected chi connectivity index (χ3v) is 4.47. The van der Waals surface area contributed by atoms with E-state index in [9.17, 15) is 0 Å². The van der Waals surface area contributed by atoms with Gasteiger partial charge < -0.3 is 4.74 Å². The summed E-state index contributed by atoms with van der Waals surface area (Å²) in [5.41, 5.74) is 5.94. The fraction of sp³-hybridized carbons (Fsp3) is 0.250. The summed E-state index contributed by atoms with van der Waals surface area (Å²) < 4.78 is 6.42. The SMILES string of the molecule is COc1ccc(Br)cc1CC(NN)c1cccc(C)c1Cl. The number of halogens is 2. The minimum atomic E-state index is -0.0828. The lowest BCUT2D eigenvalue weighted by molar-refractivity contribution is 0.405. The standard InChI is InChI=1S/C16H18BrClN2O/c1-10-4-3-5-13(16(10)18)14(20-19)9-11-8-12(17)6-7-15(11)21-2/h3-8,14,20H,9,19H2,1-2H3. The van der Waals surface area contributed by atoms with E-state index in [0.717, 1.165) is 31.9 Å². The van der Waals surface area contributed by atoms with Gasteiger partial charge >= 0.3 is 0 Å². The maximum Gasteiger partial charge on any atom is 0.122 e. The minimum absolute atomic E-state index is 0.0828. The van der Waals surface area contributed by atoms with E-state index in [2.05, 4.69) is 21.4 Å². The second-order valence-corrected chi connectivity index (χ2v) is 6.15. The molecule has 0 saturated carbocycles. The highest BCUT2D eigenvalue weighted by molar-refractivity contribution is 9.10. The summed E-state index contributed by atoms with van der Waals surface area (Å²) in [6.45, 7) is 1.99. The van der Waals surface area contributed by atoms with Crippen LogP contribution in [0.2, 0.25) is 5.02 Å². The number of rotatable bonds is 5. The van der Waals surface area contributed by atoms with Gasteiger partial charge in [-0.25, -0.2) is 0 Å². The van der Waals surface area contributed by atoms with Crippen molar-refractivity contribution in [3.8, 4) is 5.75 Å². The number of hydrazine groups is 1. The lowest BCUT2D eigenvalue weighted by Crippen LogP contribution is -2.30. The van der Waals surface area contributed by atoms with Crippen molar-refractivity contribution in [2.24, 2.45) is 5.84 Å². The van der Waals surface area contributed by atoms with Crippen LogP contribution in [0.5, 0.6) is 5.75 Å². The molecular formula is C16H18BrClN2O. The number of hydrogen-bond donors (Lipinski definition) is 2. The van der Waals surface area contributed by atoms with Gasteiger partial charge in [0, 0.05) is 9.50 Å². The zero-order valence-electron chi connectivity index (χ0n) is 12.0. The molecule has 0 amide bonds. The Bertz CT molecular complexity index is 634. The number of hydrogen-bond acceptors (Lipinski definition) is 3. The molecule has 112 valence electrons. The van der Waals surface area contributed by atoms with Crippen molar-refractivity contribution in [2.45, 2.75) is 19.4 Å². The van der Waals surface area contributed by atoms with Gasteiger partial charge in [0.25, 0.3) is 0 Å². The summed E-state index contributed by atoms with van der Waals surface area (Å²) in [4.78, 5) is 0. The Balaban J connectivity index is 2.35. The Morgan fingerprint density at radius 2 is 2.10 bits per heavy atom. The van der Waals surface area contributed by atoms with Gasteiger partial charge in [-0.3, -0.25) is 11.3 Å². The molecule has 0 aliphatic rings. The molecule has 0 aliphatic carbocycles. The van der Waals surface area contributed by atoms with Gasteiger partial charge in [-0.05, 0) is 48.2 Å². The zero-order valence-corrected chi connectivity index (χ0v) is 14.3. The largest absolute Gasteiger partial charge is 0.496 e. The van der Waals surface area contributed by atoms with E-state index < -0.39 is 0 Å². The Kier molecular flexibility index (Phi) is 5.65. The second-order valence-electron chi connectivity index (χ2n) is 4.86. The maximum atomic E-state index is 6.40. The fourth-order valence-corrected chi connectivity index (χ4v) is 2.99. The molecule has 1 unspecified atom stereocenters. The molecule has 3 nitrogen and oxygen atoms in total. The van der Waals surface area contributed by atoms with Gasteiger partial charge in [-0.15, -0.1) is 0 Å². The van der Waals surface area contributed by atoms with Crippen LogP contribution in [0.15, 0.2) is 40.9 Å². The first-order chi connectivity index (χ1) is 10.1. The quantitative estimate of drug-likeness (QED) is 0.614. The van der Waals surface area contributed by atoms with E-state index in [1.807, 2.05) is 43.3 Å². The van der Waals surface area contributed by atoms with E-state index in [0.29, 0.717) is 6.42 Å². The number of benzene rings is 2. The van der Waals surface area contributed by atoms with Crippen LogP contribution in [-0.4, -0.2) is 7.11 Å². The predicted octanol–water partition coefficient (Wildman–Crippen LogP) is 4.17. The average Bonchev–Trinajstić information content (AvgIpc) is 2.48. The van der Waals surface area contributed by atoms with E-state index in [-0.39, 0.29) is 6.04 Å². The van der Waals surface area contributed by atoms with Gasteiger partial charge in [0.05, 0.1) is 13.2 Å². The number of ether oxygens (including phenoxy) is 1. The van der Waals surface area contributed by atoms with Crippen LogP contribution >= 0.6 is 27.5 Å². The minimum Gasteiger partial charge on any atom is -0.496 e. The number of nitrogens with one attached hydrogen (secondary N) is 1. The summed E-state index contributed by atoms with van der Waals surface area (Å²) in [5.74, 6) is 6.58. The highest BCUT2D eigenvalue weighted by atomic mass is 79.9. The summed E-state index contributed by atoms with van der Waals surface area (Å²) in [5, 5.41) is 0.745. The van der Waals surface area contributed by atoms with Crippen molar-refractivity contribution in [1.82, 2.24) is 5.43 Å². The van der Waals surface area contributed by atoms with Crippen molar-refractivity contribution in [3.05, 3.63) is 62.6 Å². The Hall–Kier alpha value is -1.07. The van der Waals surface area contributed by atoms with Crippen LogP contribution in [0.3, 0.4) is 0 Å². The molecule has 2 aromatic carbocycles. The molecule has 5 heteroatoms. The Morgan fingerprint density at radius 1 is 1.33 bits per heavy atom.